The van der Waals surface area contributed by atoms with Gasteiger partial charge in [0, 0.05) is 24.5 Å². The lowest BCUT2D eigenvalue weighted by Crippen LogP contribution is -2.10. The fraction of sp³-hybridized carbons (Fsp3) is 0.667. The van der Waals surface area contributed by atoms with Crippen LogP contribution in [-0.4, -0.2) is 15.6 Å². The highest BCUT2D eigenvalue weighted by Crippen LogP contribution is 2.24. The van der Waals surface area contributed by atoms with Crippen molar-refractivity contribution in [2.75, 3.05) is 5.32 Å². The standard InChI is InChI=1S/C9H15N3/c1-7(2)12-6-5-10-9(12)11-8-3-4-8/h5-8H,3-4H2,1-2H3,(H,10,11). The molecular formula is C9H15N3. The smallest absolute Gasteiger partial charge is 0.203 e. The first-order valence-electron chi connectivity index (χ1n) is 4.57. The Balaban J connectivity index is 2.11. The van der Waals surface area contributed by atoms with E-state index in [0.29, 0.717) is 12.1 Å². The number of nitrogens with one attached hydrogen (secondary N) is 1. The molecule has 2 rings (SSSR count). The van der Waals surface area contributed by atoms with E-state index in [1.54, 1.807) is 0 Å². The van der Waals surface area contributed by atoms with E-state index in [9.17, 15) is 0 Å². The Hall–Kier alpha value is -0.990. The second kappa shape index (κ2) is 2.81. The van der Waals surface area contributed by atoms with Gasteiger partial charge in [0.25, 0.3) is 0 Å². The van der Waals surface area contributed by atoms with Crippen LogP contribution in [0.5, 0.6) is 0 Å². The number of anilines is 1. The first-order chi connectivity index (χ1) is 5.77. The first-order valence-corrected chi connectivity index (χ1v) is 4.57. The minimum absolute atomic E-state index is 0.494. The van der Waals surface area contributed by atoms with Crippen LogP contribution in [0.1, 0.15) is 32.7 Å². The number of hydrogen-bond donors (Lipinski definition) is 1. The molecule has 0 aliphatic heterocycles. The summed E-state index contributed by atoms with van der Waals surface area (Å²) in [7, 11) is 0. The van der Waals surface area contributed by atoms with E-state index >= 15 is 0 Å². The van der Waals surface area contributed by atoms with Gasteiger partial charge < -0.3 is 9.88 Å². The molecule has 1 saturated carbocycles. The van der Waals surface area contributed by atoms with Gasteiger partial charge in [0.05, 0.1) is 0 Å². The van der Waals surface area contributed by atoms with Crippen LogP contribution in [0.2, 0.25) is 0 Å². The summed E-state index contributed by atoms with van der Waals surface area (Å²) in [6.45, 7) is 4.33. The largest absolute Gasteiger partial charge is 0.353 e. The average Bonchev–Trinajstić information content (AvgIpc) is 2.66. The van der Waals surface area contributed by atoms with Gasteiger partial charge in [0.15, 0.2) is 0 Å². The summed E-state index contributed by atoms with van der Waals surface area (Å²) in [5, 5.41) is 3.40. The highest BCUT2D eigenvalue weighted by atomic mass is 15.2. The van der Waals surface area contributed by atoms with Gasteiger partial charge >= 0.3 is 0 Å². The Kier molecular flexibility index (Phi) is 1.79. The Labute approximate surface area is 72.8 Å². The van der Waals surface area contributed by atoms with Crippen LogP contribution in [0.25, 0.3) is 0 Å². The fourth-order valence-electron chi connectivity index (χ4n) is 1.25. The van der Waals surface area contributed by atoms with Crippen LogP contribution in [0.3, 0.4) is 0 Å². The van der Waals surface area contributed by atoms with Crippen molar-refractivity contribution in [3.8, 4) is 0 Å². The molecule has 3 nitrogen and oxygen atoms in total. The number of rotatable bonds is 3. The molecule has 1 heterocycles. The molecule has 1 aromatic rings. The molecular weight excluding hydrogens is 150 g/mol. The van der Waals surface area contributed by atoms with Gasteiger partial charge in [-0.05, 0) is 26.7 Å². The third kappa shape index (κ3) is 1.44. The molecule has 66 valence electrons. The minimum Gasteiger partial charge on any atom is -0.353 e. The van der Waals surface area contributed by atoms with Crippen molar-refractivity contribution in [3.63, 3.8) is 0 Å². The van der Waals surface area contributed by atoms with Gasteiger partial charge in [-0.15, -0.1) is 0 Å². The normalized spacial score (nSPS) is 16.9. The molecule has 1 fully saturated rings. The van der Waals surface area contributed by atoms with Gasteiger partial charge in [-0.3, -0.25) is 0 Å². The maximum absolute atomic E-state index is 4.27. The van der Waals surface area contributed by atoms with Gasteiger partial charge in [0.1, 0.15) is 0 Å². The van der Waals surface area contributed by atoms with Crippen molar-refractivity contribution >= 4 is 5.95 Å². The van der Waals surface area contributed by atoms with E-state index < -0.39 is 0 Å². The molecule has 1 N–H and O–H groups in total. The summed E-state index contributed by atoms with van der Waals surface area (Å²) in [5.74, 6) is 1.02. The SMILES string of the molecule is CC(C)n1ccnc1NC1CC1. The lowest BCUT2D eigenvalue weighted by Gasteiger charge is -2.11. The number of aromatic nitrogens is 2. The Bertz CT molecular complexity index is 260. The fourth-order valence-corrected chi connectivity index (χ4v) is 1.25. The molecule has 0 amide bonds. The summed E-state index contributed by atoms with van der Waals surface area (Å²) in [4.78, 5) is 4.27. The number of hydrogen-bond acceptors (Lipinski definition) is 2. The monoisotopic (exact) mass is 165 g/mol. The van der Waals surface area contributed by atoms with Crippen molar-refractivity contribution in [2.24, 2.45) is 0 Å². The molecule has 0 radical (unpaired) electrons. The zero-order valence-corrected chi connectivity index (χ0v) is 7.62. The van der Waals surface area contributed by atoms with Crippen LogP contribution in [0.4, 0.5) is 5.95 Å². The Morgan fingerprint density at radius 1 is 1.58 bits per heavy atom. The predicted molar refractivity (Wildman–Crippen MR) is 49.3 cm³/mol. The van der Waals surface area contributed by atoms with Crippen LogP contribution < -0.4 is 5.32 Å². The lowest BCUT2D eigenvalue weighted by atomic mass is 10.4. The zero-order valence-electron chi connectivity index (χ0n) is 7.62. The van der Waals surface area contributed by atoms with Gasteiger partial charge in [-0.25, -0.2) is 4.98 Å². The van der Waals surface area contributed by atoms with Gasteiger partial charge in [-0.2, -0.15) is 0 Å². The third-order valence-corrected chi connectivity index (χ3v) is 2.14. The molecule has 1 aliphatic carbocycles. The summed E-state index contributed by atoms with van der Waals surface area (Å²) in [6, 6.07) is 1.18. The number of nitrogens with zero attached hydrogens (tertiary/aromatic N) is 2. The summed E-state index contributed by atoms with van der Waals surface area (Å²) < 4.78 is 2.16. The Morgan fingerprint density at radius 3 is 2.92 bits per heavy atom. The van der Waals surface area contributed by atoms with Crippen molar-refractivity contribution in [2.45, 2.75) is 38.8 Å². The summed E-state index contributed by atoms with van der Waals surface area (Å²) in [5.41, 5.74) is 0. The first kappa shape index (κ1) is 7.65. The minimum atomic E-state index is 0.494. The van der Waals surface area contributed by atoms with Gasteiger partial charge in [-0.1, -0.05) is 0 Å². The van der Waals surface area contributed by atoms with Crippen LogP contribution in [0, 0.1) is 0 Å². The highest BCUT2D eigenvalue weighted by Gasteiger charge is 2.22. The number of imidazole rings is 1. The van der Waals surface area contributed by atoms with Crippen molar-refractivity contribution in [3.05, 3.63) is 12.4 Å². The predicted octanol–water partition coefficient (Wildman–Crippen LogP) is 2.04. The van der Waals surface area contributed by atoms with E-state index in [2.05, 4.69) is 28.7 Å². The van der Waals surface area contributed by atoms with Crippen LogP contribution in [-0.2, 0) is 0 Å². The average molecular weight is 165 g/mol. The second-order valence-electron chi connectivity index (χ2n) is 3.67. The van der Waals surface area contributed by atoms with E-state index in [1.807, 2.05) is 12.4 Å². The quantitative estimate of drug-likeness (QED) is 0.742. The molecule has 12 heavy (non-hydrogen) atoms. The van der Waals surface area contributed by atoms with Crippen molar-refractivity contribution in [1.82, 2.24) is 9.55 Å². The lowest BCUT2D eigenvalue weighted by molar-refractivity contribution is 0.604. The molecule has 0 aromatic carbocycles. The summed E-state index contributed by atoms with van der Waals surface area (Å²) >= 11 is 0. The van der Waals surface area contributed by atoms with E-state index in [1.165, 1.54) is 12.8 Å². The summed E-state index contributed by atoms with van der Waals surface area (Å²) in [6.07, 6.45) is 6.47. The molecule has 0 spiro atoms. The zero-order chi connectivity index (χ0) is 8.55. The molecule has 3 heteroatoms. The van der Waals surface area contributed by atoms with Crippen molar-refractivity contribution in [1.29, 1.82) is 0 Å². The second-order valence-corrected chi connectivity index (χ2v) is 3.67. The maximum Gasteiger partial charge on any atom is 0.203 e. The van der Waals surface area contributed by atoms with E-state index in [0.717, 1.165) is 5.95 Å². The molecule has 0 atom stereocenters. The Morgan fingerprint density at radius 2 is 2.33 bits per heavy atom. The van der Waals surface area contributed by atoms with Gasteiger partial charge in [0.2, 0.25) is 5.95 Å². The molecule has 1 aliphatic rings. The molecule has 0 saturated heterocycles. The third-order valence-electron chi connectivity index (χ3n) is 2.14. The molecule has 0 bridgehead atoms. The van der Waals surface area contributed by atoms with Crippen molar-refractivity contribution < 1.29 is 0 Å². The van der Waals surface area contributed by atoms with Crippen LogP contribution in [0.15, 0.2) is 12.4 Å². The van der Waals surface area contributed by atoms with E-state index in [-0.39, 0.29) is 0 Å². The molecule has 1 aromatic heterocycles. The molecule has 0 unspecified atom stereocenters. The topological polar surface area (TPSA) is 29.9 Å². The highest BCUT2D eigenvalue weighted by molar-refractivity contribution is 5.30. The van der Waals surface area contributed by atoms with E-state index in [4.69, 9.17) is 0 Å². The van der Waals surface area contributed by atoms with Crippen LogP contribution >= 0.6 is 0 Å². The maximum atomic E-state index is 4.27.